The lowest BCUT2D eigenvalue weighted by Gasteiger charge is -2.08. The first-order valence-electron chi connectivity index (χ1n) is 7.39. The highest BCUT2D eigenvalue weighted by molar-refractivity contribution is 6.30. The fourth-order valence-electron chi connectivity index (χ4n) is 2.03. The Labute approximate surface area is 144 Å². The van der Waals surface area contributed by atoms with E-state index in [4.69, 9.17) is 21.4 Å². The van der Waals surface area contributed by atoms with Crippen LogP contribution in [0.3, 0.4) is 0 Å². The van der Waals surface area contributed by atoms with Crippen LogP contribution < -0.4 is 4.74 Å². The molecule has 126 valence electrons. The molecular formula is C18H17ClO5. The van der Waals surface area contributed by atoms with Crippen LogP contribution in [-0.2, 0) is 4.79 Å². The first-order chi connectivity index (χ1) is 11.5. The molecule has 0 fully saturated rings. The van der Waals surface area contributed by atoms with Crippen LogP contribution in [0.4, 0.5) is 0 Å². The summed E-state index contributed by atoms with van der Waals surface area (Å²) in [6.07, 6.45) is -0.870. The Morgan fingerprint density at radius 2 is 1.79 bits per heavy atom. The SMILES string of the molecule is O=C(CCC(O)CO)Oc1cccc(C(=O)c2ccc(Cl)cc2)c1. The van der Waals surface area contributed by atoms with Crippen molar-refractivity contribution in [3.8, 4) is 5.75 Å². The molecule has 0 radical (unpaired) electrons. The molecule has 2 rings (SSSR count). The number of hydrogen-bond donors (Lipinski definition) is 2. The van der Waals surface area contributed by atoms with Crippen LogP contribution in [-0.4, -0.2) is 34.7 Å². The average Bonchev–Trinajstić information content (AvgIpc) is 2.60. The molecule has 24 heavy (non-hydrogen) atoms. The third-order valence-electron chi connectivity index (χ3n) is 3.33. The largest absolute Gasteiger partial charge is 0.427 e. The van der Waals surface area contributed by atoms with Gasteiger partial charge in [0.05, 0.1) is 12.7 Å². The van der Waals surface area contributed by atoms with Gasteiger partial charge in [-0.2, -0.15) is 0 Å². The Kier molecular flexibility index (Phi) is 6.49. The first-order valence-corrected chi connectivity index (χ1v) is 7.77. The van der Waals surface area contributed by atoms with Crippen LogP contribution in [0.5, 0.6) is 5.75 Å². The Bertz CT molecular complexity index is 712. The van der Waals surface area contributed by atoms with E-state index < -0.39 is 18.7 Å². The summed E-state index contributed by atoms with van der Waals surface area (Å²) in [5, 5.41) is 18.5. The van der Waals surface area contributed by atoms with Crippen molar-refractivity contribution in [2.45, 2.75) is 18.9 Å². The molecule has 0 saturated carbocycles. The molecule has 2 N–H and O–H groups in total. The van der Waals surface area contributed by atoms with Gasteiger partial charge in [-0.1, -0.05) is 23.7 Å². The minimum Gasteiger partial charge on any atom is -0.427 e. The summed E-state index contributed by atoms with van der Waals surface area (Å²) in [5.41, 5.74) is 0.868. The lowest BCUT2D eigenvalue weighted by atomic mass is 10.0. The molecule has 0 heterocycles. The number of benzene rings is 2. The van der Waals surface area contributed by atoms with E-state index in [1.807, 2.05) is 0 Å². The molecule has 0 amide bonds. The Balaban J connectivity index is 2.04. The molecule has 0 aliphatic heterocycles. The Morgan fingerprint density at radius 1 is 1.08 bits per heavy atom. The van der Waals surface area contributed by atoms with Gasteiger partial charge in [-0.05, 0) is 42.8 Å². The number of carbonyl (C=O) groups is 2. The van der Waals surface area contributed by atoms with Crippen LogP contribution in [0.15, 0.2) is 48.5 Å². The predicted molar refractivity (Wildman–Crippen MR) is 89.3 cm³/mol. The van der Waals surface area contributed by atoms with E-state index in [1.165, 1.54) is 6.07 Å². The zero-order chi connectivity index (χ0) is 17.5. The van der Waals surface area contributed by atoms with E-state index in [0.717, 1.165) is 0 Å². The van der Waals surface area contributed by atoms with Crippen LogP contribution in [0, 0.1) is 0 Å². The van der Waals surface area contributed by atoms with Crippen molar-refractivity contribution >= 4 is 23.4 Å². The molecule has 1 unspecified atom stereocenters. The highest BCUT2D eigenvalue weighted by atomic mass is 35.5. The molecule has 0 aliphatic rings. The average molecular weight is 349 g/mol. The van der Waals surface area contributed by atoms with E-state index in [-0.39, 0.29) is 24.4 Å². The van der Waals surface area contributed by atoms with Gasteiger partial charge in [0.15, 0.2) is 5.78 Å². The number of hydrogen-bond acceptors (Lipinski definition) is 5. The van der Waals surface area contributed by atoms with Gasteiger partial charge in [0, 0.05) is 22.6 Å². The second-order valence-corrected chi connectivity index (χ2v) is 5.65. The predicted octanol–water partition coefficient (Wildman–Crippen LogP) is 2.61. The Morgan fingerprint density at radius 3 is 2.46 bits per heavy atom. The lowest BCUT2D eigenvalue weighted by Crippen LogP contribution is -2.16. The fourth-order valence-corrected chi connectivity index (χ4v) is 2.15. The molecule has 2 aromatic rings. The number of aliphatic hydroxyl groups excluding tert-OH is 2. The lowest BCUT2D eigenvalue weighted by molar-refractivity contribution is -0.135. The van der Waals surface area contributed by atoms with E-state index in [2.05, 4.69) is 0 Å². The van der Waals surface area contributed by atoms with Gasteiger partial charge in [0.25, 0.3) is 0 Å². The Hall–Kier alpha value is -2.21. The van der Waals surface area contributed by atoms with E-state index in [9.17, 15) is 14.7 Å². The summed E-state index contributed by atoms with van der Waals surface area (Å²) in [5.74, 6) is -0.503. The number of ether oxygens (including phenoxy) is 1. The highest BCUT2D eigenvalue weighted by Crippen LogP contribution is 2.19. The van der Waals surface area contributed by atoms with Gasteiger partial charge >= 0.3 is 5.97 Å². The maximum absolute atomic E-state index is 12.4. The monoisotopic (exact) mass is 348 g/mol. The summed E-state index contributed by atoms with van der Waals surface area (Å²) in [6, 6.07) is 12.8. The highest BCUT2D eigenvalue weighted by Gasteiger charge is 2.12. The molecule has 5 nitrogen and oxygen atoms in total. The normalized spacial score (nSPS) is 11.8. The molecule has 6 heteroatoms. The summed E-state index contributed by atoms with van der Waals surface area (Å²) in [7, 11) is 0. The van der Waals surface area contributed by atoms with Gasteiger partial charge in [0.1, 0.15) is 5.75 Å². The summed E-state index contributed by atoms with van der Waals surface area (Å²) < 4.78 is 5.15. The summed E-state index contributed by atoms with van der Waals surface area (Å²) in [6.45, 7) is -0.404. The van der Waals surface area contributed by atoms with Crippen molar-refractivity contribution in [2.75, 3.05) is 6.61 Å². The molecule has 2 aromatic carbocycles. The van der Waals surface area contributed by atoms with Crippen molar-refractivity contribution in [1.82, 2.24) is 0 Å². The maximum atomic E-state index is 12.4. The van der Waals surface area contributed by atoms with E-state index in [0.29, 0.717) is 16.1 Å². The molecule has 0 bridgehead atoms. The van der Waals surface area contributed by atoms with Crippen molar-refractivity contribution in [3.05, 3.63) is 64.7 Å². The smallest absolute Gasteiger partial charge is 0.311 e. The van der Waals surface area contributed by atoms with Crippen LogP contribution >= 0.6 is 11.6 Å². The van der Waals surface area contributed by atoms with Crippen molar-refractivity contribution in [2.24, 2.45) is 0 Å². The minimum atomic E-state index is -0.949. The number of halogens is 1. The van der Waals surface area contributed by atoms with Gasteiger partial charge < -0.3 is 14.9 Å². The van der Waals surface area contributed by atoms with Gasteiger partial charge in [-0.15, -0.1) is 0 Å². The maximum Gasteiger partial charge on any atom is 0.311 e. The molecule has 0 saturated heterocycles. The van der Waals surface area contributed by atoms with Crippen LogP contribution in [0.2, 0.25) is 5.02 Å². The fraction of sp³-hybridized carbons (Fsp3) is 0.222. The third kappa shape index (κ3) is 5.16. The quantitative estimate of drug-likeness (QED) is 0.456. The topological polar surface area (TPSA) is 83.8 Å². The number of esters is 1. The molecule has 0 aromatic heterocycles. The second-order valence-electron chi connectivity index (χ2n) is 5.21. The summed E-state index contributed by atoms with van der Waals surface area (Å²) >= 11 is 5.81. The van der Waals surface area contributed by atoms with Gasteiger partial charge in [0.2, 0.25) is 0 Å². The standard InChI is InChI=1S/C18H17ClO5/c19-14-6-4-12(5-7-14)18(23)13-2-1-3-16(10-13)24-17(22)9-8-15(21)11-20/h1-7,10,15,20-21H,8-9,11H2. The zero-order valence-corrected chi connectivity index (χ0v) is 13.6. The van der Waals surface area contributed by atoms with E-state index >= 15 is 0 Å². The van der Waals surface area contributed by atoms with Crippen molar-refractivity contribution in [3.63, 3.8) is 0 Å². The zero-order valence-electron chi connectivity index (χ0n) is 12.8. The molecule has 0 aliphatic carbocycles. The third-order valence-corrected chi connectivity index (χ3v) is 3.58. The summed E-state index contributed by atoms with van der Waals surface area (Å²) in [4.78, 5) is 24.1. The van der Waals surface area contributed by atoms with Crippen LogP contribution in [0.25, 0.3) is 0 Å². The minimum absolute atomic E-state index is 0.0307. The number of ketones is 1. The van der Waals surface area contributed by atoms with Crippen molar-refractivity contribution < 1.29 is 24.5 Å². The van der Waals surface area contributed by atoms with Crippen molar-refractivity contribution in [1.29, 1.82) is 0 Å². The van der Waals surface area contributed by atoms with E-state index in [1.54, 1.807) is 42.5 Å². The number of carbonyl (C=O) groups excluding carboxylic acids is 2. The second kappa shape index (κ2) is 8.59. The van der Waals surface area contributed by atoms with Gasteiger partial charge in [-0.3, -0.25) is 9.59 Å². The van der Waals surface area contributed by atoms with Gasteiger partial charge in [-0.25, -0.2) is 0 Å². The number of rotatable bonds is 7. The molecule has 0 spiro atoms. The molecular weight excluding hydrogens is 332 g/mol. The first kappa shape index (κ1) is 18.1. The number of aliphatic hydroxyl groups is 2. The molecule has 1 atom stereocenters. The van der Waals surface area contributed by atoms with Crippen LogP contribution in [0.1, 0.15) is 28.8 Å².